The summed E-state index contributed by atoms with van der Waals surface area (Å²) in [6, 6.07) is 8.43. The molecule has 1 aromatic carbocycles. The van der Waals surface area contributed by atoms with Crippen molar-refractivity contribution in [1.29, 1.82) is 0 Å². The fourth-order valence-corrected chi connectivity index (χ4v) is 2.74. The molecule has 0 saturated carbocycles. The highest BCUT2D eigenvalue weighted by atomic mass is 15.1. The van der Waals surface area contributed by atoms with E-state index in [1.165, 1.54) is 10.9 Å². The van der Waals surface area contributed by atoms with Gasteiger partial charge in [-0.1, -0.05) is 6.07 Å². The van der Waals surface area contributed by atoms with E-state index in [4.69, 9.17) is 0 Å². The molecule has 0 fully saturated rings. The third kappa shape index (κ3) is 1.71. The van der Waals surface area contributed by atoms with Crippen LogP contribution in [-0.2, 0) is 14.1 Å². The topological polar surface area (TPSA) is 40.6 Å². The standard InChI is InChI=1S/C16H15N5/c1-19-9-6-12-13(19)4-3-5-14(12)21-11-8-18-16(21)15-17-7-10-20(15)2/h3-11H,1-2H3. The van der Waals surface area contributed by atoms with Gasteiger partial charge in [0.15, 0.2) is 11.6 Å². The van der Waals surface area contributed by atoms with Crippen LogP contribution >= 0.6 is 0 Å². The minimum atomic E-state index is 0.846. The average Bonchev–Trinajstić information content (AvgIpc) is 3.19. The molecule has 5 heteroatoms. The molecule has 0 aliphatic rings. The van der Waals surface area contributed by atoms with Crippen LogP contribution in [0.1, 0.15) is 0 Å². The Morgan fingerprint density at radius 3 is 2.43 bits per heavy atom. The predicted molar refractivity (Wildman–Crippen MR) is 82.2 cm³/mol. The molecule has 0 aliphatic heterocycles. The summed E-state index contributed by atoms with van der Waals surface area (Å²) >= 11 is 0. The van der Waals surface area contributed by atoms with E-state index >= 15 is 0 Å². The number of hydrogen-bond donors (Lipinski definition) is 0. The number of aromatic nitrogens is 5. The molecular weight excluding hydrogens is 262 g/mol. The molecule has 104 valence electrons. The second kappa shape index (κ2) is 4.34. The maximum Gasteiger partial charge on any atom is 0.181 e. The summed E-state index contributed by atoms with van der Waals surface area (Å²) < 4.78 is 6.19. The molecule has 0 spiro atoms. The monoisotopic (exact) mass is 277 g/mol. The van der Waals surface area contributed by atoms with Crippen LogP contribution in [-0.4, -0.2) is 23.7 Å². The molecule has 3 heterocycles. The van der Waals surface area contributed by atoms with Gasteiger partial charge in [0.1, 0.15) is 0 Å². The van der Waals surface area contributed by atoms with Gasteiger partial charge in [-0.05, 0) is 18.2 Å². The van der Waals surface area contributed by atoms with Gasteiger partial charge < -0.3 is 9.13 Å². The number of fused-ring (bicyclic) bond motifs is 1. The Labute approximate surface area is 122 Å². The van der Waals surface area contributed by atoms with Crippen LogP contribution in [0.15, 0.2) is 55.2 Å². The Kier molecular flexibility index (Phi) is 2.47. The van der Waals surface area contributed by atoms with E-state index in [9.17, 15) is 0 Å². The van der Waals surface area contributed by atoms with Crippen LogP contribution in [0, 0.1) is 0 Å². The summed E-state index contributed by atoms with van der Waals surface area (Å²) in [4.78, 5) is 8.89. The zero-order chi connectivity index (χ0) is 14.4. The third-order valence-electron chi connectivity index (χ3n) is 3.83. The Hall–Kier alpha value is -2.82. The first kappa shape index (κ1) is 12.0. The highest BCUT2D eigenvalue weighted by Gasteiger charge is 2.14. The molecule has 0 aliphatic carbocycles. The first-order valence-corrected chi connectivity index (χ1v) is 6.81. The summed E-state index contributed by atoms with van der Waals surface area (Å²) in [6.07, 6.45) is 9.58. The highest BCUT2D eigenvalue weighted by molar-refractivity contribution is 5.89. The highest BCUT2D eigenvalue weighted by Crippen LogP contribution is 2.26. The zero-order valence-electron chi connectivity index (χ0n) is 11.9. The first-order chi connectivity index (χ1) is 10.3. The molecule has 0 saturated heterocycles. The lowest BCUT2D eigenvalue weighted by Crippen LogP contribution is -2.01. The SMILES string of the molecule is Cn1ccnc1-c1nccn1-c1cccc2c1ccn2C. The van der Waals surface area contributed by atoms with Crippen molar-refractivity contribution in [1.82, 2.24) is 23.7 Å². The van der Waals surface area contributed by atoms with Crippen molar-refractivity contribution in [3.05, 3.63) is 55.2 Å². The number of rotatable bonds is 2. The molecule has 3 aromatic heterocycles. The largest absolute Gasteiger partial charge is 0.350 e. The molecule has 4 rings (SSSR count). The second-order valence-corrected chi connectivity index (χ2v) is 5.12. The summed E-state index contributed by atoms with van der Waals surface area (Å²) in [6.45, 7) is 0. The van der Waals surface area contributed by atoms with Crippen LogP contribution in [0.5, 0.6) is 0 Å². The van der Waals surface area contributed by atoms with Gasteiger partial charge in [-0.2, -0.15) is 0 Å². The molecule has 21 heavy (non-hydrogen) atoms. The Bertz CT molecular complexity index is 925. The number of imidazole rings is 2. The van der Waals surface area contributed by atoms with Gasteiger partial charge in [0, 0.05) is 56.0 Å². The van der Waals surface area contributed by atoms with Crippen molar-refractivity contribution >= 4 is 10.9 Å². The van der Waals surface area contributed by atoms with Crippen LogP contribution in [0.3, 0.4) is 0 Å². The van der Waals surface area contributed by atoms with Crippen molar-refractivity contribution in [2.45, 2.75) is 0 Å². The lowest BCUT2D eigenvalue weighted by molar-refractivity contribution is 0.898. The molecule has 0 bridgehead atoms. The van der Waals surface area contributed by atoms with Gasteiger partial charge in [0.05, 0.1) is 5.69 Å². The van der Waals surface area contributed by atoms with Crippen LogP contribution in [0.4, 0.5) is 0 Å². The van der Waals surface area contributed by atoms with Gasteiger partial charge in [-0.15, -0.1) is 0 Å². The zero-order valence-corrected chi connectivity index (χ0v) is 11.9. The smallest absolute Gasteiger partial charge is 0.181 e. The van der Waals surface area contributed by atoms with E-state index in [1.807, 2.05) is 30.2 Å². The summed E-state index contributed by atoms with van der Waals surface area (Å²) in [7, 11) is 4.03. The van der Waals surface area contributed by atoms with Crippen molar-refractivity contribution in [2.75, 3.05) is 0 Å². The van der Waals surface area contributed by atoms with Gasteiger partial charge in [0.2, 0.25) is 0 Å². The lowest BCUT2D eigenvalue weighted by Gasteiger charge is -2.09. The lowest BCUT2D eigenvalue weighted by atomic mass is 10.2. The molecule has 5 nitrogen and oxygen atoms in total. The van der Waals surface area contributed by atoms with E-state index in [2.05, 4.69) is 56.6 Å². The van der Waals surface area contributed by atoms with E-state index in [0.717, 1.165) is 17.3 Å². The van der Waals surface area contributed by atoms with Crippen LogP contribution < -0.4 is 0 Å². The van der Waals surface area contributed by atoms with E-state index in [-0.39, 0.29) is 0 Å². The van der Waals surface area contributed by atoms with Gasteiger partial charge in [0.25, 0.3) is 0 Å². The second-order valence-electron chi connectivity index (χ2n) is 5.12. The Morgan fingerprint density at radius 1 is 0.810 bits per heavy atom. The maximum absolute atomic E-state index is 4.48. The molecule has 0 radical (unpaired) electrons. The van der Waals surface area contributed by atoms with Gasteiger partial charge in [-0.3, -0.25) is 4.57 Å². The summed E-state index contributed by atoms with van der Waals surface area (Å²) in [5.74, 6) is 1.70. The Morgan fingerprint density at radius 2 is 1.62 bits per heavy atom. The number of aryl methyl sites for hydroxylation is 2. The summed E-state index contributed by atoms with van der Waals surface area (Å²) in [5, 5.41) is 1.20. The number of benzene rings is 1. The fourth-order valence-electron chi connectivity index (χ4n) is 2.74. The maximum atomic E-state index is 4.48. The van der Waals surface area contributed by atoms with E-state index in [1.54, 1.807) is 6.20 Å². The normalized spacial score (nSPS) is 11.3. The predicted octanol–water partition coefficient (Wildman–Crippen LogP) is 2.76. The number of hydrogen-bond acceptors (Lipinski definition) is 2. The Balaban J connectivity index is 1.99. The number of nitrogens with zero attached hydrogens (tertiary/aromatic N) is 5. The van der Waals surface area contributed by atoms with Crippen molar-refractivity contribution in [3.63, 3.8) is 0 Å². The first-order valence-electron chi connectivity index (χ1n) is 6.81. The van der Waals surface area contributed by atoms with Crippen LogP contribution in [0.2, 0.25) is 0 Å². The van der Waals surface area contributed by atoms with Gasteiger partial charge >= 0.3 is 0 Å². The molecule has 0 N–H and O–H groups in total. The third-order valence-corrected chi connectivity index (χ3v) is 3.83. The van der Waals surface area contributed by atoms with Crippen molar-refractivity contribution in [2.24, 2.45) is 14.1 Å². The summed E-state index contributed by atoms with van der Waals surface area (Å²) in [5.41, 5.74) is 2.32. The minimum Gasteiger partial charge on any atom is -0.350 e. The molecule has 4 aromatic rings. The quantitative estimate of drug-likeness (QED) is 0.565. The molecule has 0 amide bonds. The van der Waals surface area contributed by atoms with E-state index < -0.39 is 0 Å². The van der Waals surface area contributed by atoms with Gasteiger partial charge in [-0.25, -0.2) is 9.97 Å². The molecule has 0 atom stereocenters. The molecule has 0 unspecified atom stereocenters. The molecular formula is C16H15N5. The average molecular weight is 277 g/mol. The van der Waals surface area contributed by atoms with Crippen molar-refractivity contribution in [3.8, 4) is 17.3 Å². The van der Waals surface area contributed by atoms with E-state index in [0.29, 0.717) is 0 Å². The van der Waals surface area contributed by atoms with Crippen molar-refractivity contribution < 1.29 is 0 Å². The fraction of sp³-hybridized carbons (Fsp3) is 0.125. The van der Waals surface area contributed by atoms with Crippen LogP contribution in [0.25, 0.3) is 28.2 Å². The minimum absolute atomic E-state index is 0.846.